The van der Waals surface area contributed by atoms with Gasteiger partial charge in [0.2, 0.25) is 23.6 Å². The number of likely N-dealkylation sites (N-methyl/N-ethyl adjacent to an activating group) is 2. The summed E-state index contributed by atoms with van der Waals surface area (Å²) in [6.07, 6.45) is 5.67. The maximum absolute atomic E-state index is 12.3. The van der Waals surface area contributed by atoms with Crippen LogP contribution in [0.5, 0.6) is 0 Å². The van der Waals surface area contributed by atoms with Gasteiger partial charge in [-0.05, 0) is 78.1 Å². The molecule has 0 spiro atoms. The van der Waals surface area contributed by atoms with Crippen LogP contribution < -0.4 is 10.6 Å². The average molecular weight is 614 g/mol. The number of carboxylic acids is 2. The van der Waals surface area contributed by atoms with E-state index in [0.717, 1.165) is 18.6 Å². The van der Waals surface area contributed by atoms with Crippen molar-refractivity contribution in [1.82, 2.24) is 20.4 Å². The molecular formula is C28H47N5O8S. The van der Waals surface area contributed by atoms with Crippen LogP contribution in [0.3, 0.4) is 0 Å². The highest BCUT2D eigenvalue weighted by Crippen LogP contribution is 2.26. The molecular weight excluding hydrogens is 566 g/mol. The van der Waals surface area contributed by atoms with Gasteiger partial charge in [-0.2, -0.15) is 0 Å². The van der Waals surface area contributed by atoms with Crippen LogP contribution in [0.2, 0.25) is 0 Å². The van der Waals surface area contributed by atoms with E-state index in [-0.39, 0.29) is 41.2 Å². The predicted molar refractivity (Wildman–Crippen MR) is 159 cm³/mol. The monoisotopic (exact) mass is 613 g/mol. The standard InChI is InChI=1S/C16H27N3O4S.C12H20N2O4/c1-11(17)6-5-9-24-13-10-14(20)19(15(13)21)8-4-3-7-12(18-2)16(22)23;1-8-7-10(15)14(11(8)16)6-4-3-5-9(13-2)12(17)18/h12-13,17-18H,3-10H2,1-2H3,(H,22,23);8-9,13H,3-7H2,1-2H3,(H,17,18)/t12-,13?;8?,9-/m00/s1. The van der Waals surface area contributed by atoms with Crippen molar-refractivity contribution < 1.29 is 39.0 Å². The highest BCUT2D eigenvalue weighted by Gasteiger charge is 2.38. The zero-order valence-electron chi connectivity index (χ0n) is 25.1. The molecule has 0 aromatic heterocycles. The number of nitrogens with one attached hydrogen (secondary N) is 3. The Labute approximate surface area is 252 Å². The van der Waals surface area contributed by atoms with E-state index in [1.54, 1.807) is 27.9 Å². The van der Waals surface area contributed by atoms with Crippen molar-refractivity contribution in [3.05, 3.63) is 0 Å². The van der Waals surface area contributed by atoms with Gasteiger partial charge in [0.25, 0.3) is 0 Å². The van der Waals surface area contributed by atoms with E-state index in [2.05, 4.69) is 10.6 Å². The number of hydrogen-bond acceptors (Lipinski definition) is 10. The molecule has 13 nitrogen and oxygen atoms in total. The third kappa shape index (κ3) is 12.6. The molecule has 42 heavy (non-hydrogen) atoms. The Kier molecular flexibility index (Phi) is 17.1. The SMILES string of the molecule is CN[C@@H](CCCCN1C(=O)CC(C)C1=O)C(=O)O.CN[C@@H](CCCCN1C(=O)CC(SCCCC(C)=N)C1=O)C(=O)O. The highest BCUT2D eigenvalue weighted by molar-refractivity contribution is 8.00. The van der Waals surface area contributed by atoms with Gasteiger partial charge in [-0.25, -0.2) is 0 Å². The van der Waals surface area contributed by atoms with E-state index in [0.29, 0.717) is 63.7 Å². The van der Waals surface area contributed by atoms with Gasteiger partial charge >= 0.3 is 11.9 Å². The number of carbonyl (C=O) groups is 6. The highest BCUT2D eigenvalue weighted by atomic mass is 32.2. The van der Waals surface area contributed by atoms with Crippen molar-refractivity contribution in [3.63, 3.8) is 0 Å². The second kappa shape index (κ2) is 19.4. The number of aliphatic carboxylic acids is 2. The fraction of sp³-hybridized carbons (Fsp3) is 0.750. The van der Waals surface area contributed by atoms with Crippen LogP contribution in [0.15, 0.2) is 0 Å². The first kappa shape index (κ1) is 37.2. The number of likely N-dealkylation sites (tertiary alicyclic amines) is 2. The molecule has 2 aliphatic rings. The molecule has 2 heterocycles. The number of amides is 4. The molecule has 0 saturated carbocycles. The van der Waals surface area contributed by atoms with E-state index >= 15 is 0 Å². The van der Waals surface area contributed by atoms with Crippen molar-refractivity contribution in [1.29, 1.82) is 5.41 Å². The largest absolute Gasteiger partial charge is 0.480 e. The van der Waals surface area contributed by atoms with Gasteiger partial charge in [0.1, 0.15) is 12.1 Å². The normalized spacial score (nSPS) is 20.0. The minimum absolute atomic E-state index is 0.108. The van der Waals surface area contributed by atoms with Crippen molar-refractivity contribution in [2.24, 2.45) is 5.92 Å². The first-order chi connectivity index (χ1) is 19.8. The molecule has 0 radical (unpaired) electrons. The molecule has 0 aromatic rings. The third-order valence-corrected chi connectivity index (χ3v) is 8.52. The van der Waals surface area contributed by atoms with E-state index in [4.69, 9.17) is 15.6 Å². The molecule has 238 valence electrons. The molecule has 4 atom stereocenters. The van der Waals surface area contributed by atoms with Crippen LogP contribution in [0.25, 0.3) is 0 Å². The van der Waals surface area contributed by atoms with Crippen molar-refractivity contribution in [2.75, 3.05) is 32.9 Å². The van der Waals surface area contributed by atoms with E-state index in [9.17, 15) is 28.8 Å². The van der Waals surface area contributed by atoms with E-state index < -0.39 is 24.0 Å². The number of hydrogen-bond donors (Lipinski definition) is 5. The lowest BCUT2D eigenvalue weighted by Crippen LogP contribution is -2.34. The summed E-state index contributed by atoms with van der Waals surface area (Å²) in [6.45, 7) is 4.28. The maximum atomic E-state index is 12.3. The van der Waals surface area contributed by atoms with Crippen molar-refractivity contribution >= 4 is 53.0 Å². The molecule has 2 saturated heterocycles. The van der Waals surface area contributed by atoms with Crippen LogP contribution >= 0.6 is 11.8 Å². The topological polar surface area (TPSA) is 197 Å². The second-order valence-corrected chi connectivity index (χ2v) is 12.0. The Balaban J connectivity index is 0.000000437. The summed E-state index contributed by atoms with van der Waals surface area (Å²) in [5, 5.41) is 30.3. The van der Waals surface area contributed by atoms with Crippen LogP contribution in [-0.4, -0.2) is 112 Å². The summed E-state index contributed by atoms with van der Waals surface area (Å²) in [5.74, 6) is -1.68. The van der Waals surface area contributed by atoms with E-state index in [1.165, 1.54) is 21.6 Å². The van der Waals surface area contributed by atoms with E-state index in [1.807, 2.05) is 0 Å². The van der Waals surface area contributed by atoms with Crippen LogP contribution in [0.4, 0.5) is 0 Å². The molecule has 0 bridgehead atoms. The smallest absolute Gasteiger partial charge is 0.320 e. The molecule has 2 unspecified atom stereocenters. The van der Waals surface area contributed by atoms with Crippen molar-refractivity contribution in [3.8, 4) is 0 Å². The summed E-state index contributed by atoms with van der Waals surface area (Å²) >= 11 is 1.50. The van der Waals surface area contributed by atoms with Crippen molar-refractivity contribution in [2.45, 2.75) is 95.4 Å². The minimum atomic E-state index is -0.887. The Bertz CT molecular complexity index is 978. The molecule has 14 heteroatoms. The number of imide groups is 2. The third-order valence-electron chi connectivity index (χ3n) is 7.23. The fourth-order valence-corrected chi connectivity index (χ4v) is 5.81. The number of nitrogens with zero attached hydrogens (tertiary/aromatic N) is 2. The van der Waals surface area contributed by atoms with Crippen LogP contribution in [0.1, 0.15) is 78.1 Å². The Morgan fingerprint density at radius 3 is 1.74 bits per heavy atom. The Morgan fingerprint density at radius 1 is 0.857 bits per heavy atom. The second-order valence-electron chi connectivity index (χ2n) is 10.7. The fourth-order valence-electron chi connectivity index (χ4n) is 4.68. The number of unbranched alkanes of at least 4 members (excludes halogenated alkanes) is 2. The lowest BCUT2D eigenvalue weighted by atomic mass is 10.1. The summed E-state index contributed by atoms with van der Waals surface area (Å²) in [4.78, 5) is 71.6. The van der Waals surface area contributed by atoms with Gasteiger partial charge in [-0.15, -0.1) is 11.8 Å². The summed E-state index contributed by atoms with van der Waals surface area (Å²) in [5.41, 5.74) is 0.632. The molecule has 2 fully saturated rings. The van der Waals surface area contributed by atoms with Gasteiger partial charge in [0.15, 0.2) is 0 Å². The number of thioether (sulfide) groups is 1. The van der Waals surface area contributed by atoms with Gasteiger partial charge in [0.05, 0.1) is 5.25 Å². The van der Waals surface area contributed by atoms with Crippen LogP contribution in [0, 0.1) is 11.3 Å². The minimum Gasteiger partial charge on any atom is -0.480 e. The predicted octanol–water partition coefficient (Wildman–Crippen LogP) is 1.73. The molecule has 4 amide bonds. The molecule has 5 N–H and O–H groups in total. The summed E-state index contributed by atoms with van der Waals surface area (Å²) < 4.78 is 0. The zero-order chi connectivity index (χ0) is 31.8. The quantitative estimate of drug-likeness (QED) is 0.0808. The summed E-state index contributed by atoms with van der Waals surface area (Å²) in [6, 6.07) is -1.15. The van der Waals surface area contributed by atoms with Gasteiger partial charge in [0, 0.05) is 37.6 Å². The van der Waals surface area contributed by atoms with Crippen LogP contribution in [-0.2, 0) is 28.8 Å². The van der Waals surface area contributed by atoms with Gasteiger partial charge < -0.3 is 26.3 Å². The number of rotatable bonds is 19. The number of carbonyl (C=O) groups excluding carboxylic acids is 4. The first-order valence-electron chi connectivity index (χ1n) is 14.5. The zero-order valence-corrected chi connectivity index (χ0v) is 26.0. The molecule has 2 rings (SSSR count). The number of carboxylic acid groups (broad SMARTS) is 2. The lowest BCUT2D eigenvalue weighted by Gasteiger charge is -2.16. The van der Waals surface area contributed by atoms with Gasteiger partial charge in [-0.3, -0.25) is 38.6 Å². The summed E-state index contributed by atoms with van der Waals surface area (Å²) in [7, 11) is 3.21. The Morgan fingerprint density at radius 2 is 1.33 bits per heavy atom. The van der Waals surface area contributed by atoms with Gasteiger partial charge in [-0.1, -0.05) is 6.92 Å². The molecule has 0 aromatic carbocycles. The molecule has 0 aliphatic carbocycles. The molecule has 2 aliphatic heterocycles. The first-order valence-corrected chi connectivity index (χ1v) is 15.5. The maximum Gasteiger partial charge on any atom is 0.320 e. The Hall–Kier alpha value is -2.84. The lowest BCUT2D eigenvalue weighted by molar-refractivity contribution is -0.141. The average Bonchev–Trinajstić information content (AvgIpc) is 3.33.